The van der Waals surface area contributed by atoms with Gasteiger partial charge >= 0.3 is 0 Å². The van der Waals surface area contributed by atoms with E-state index in [0.717, 1.165) is 0 Å². The number of ether oxygens (including phenoxy) is 1. The lowest BCUT2D eigenvalue weighted by Gasteiger charge is -2.17. The Hall–Kier alpha value is -0.680. The standard InChI is InChI=1S/C16H8Cl6O3/c17-15(18,19)13(23)9-5-1-3-7-11(9)25-12-8-4-2-6-10(12)14(24)16(20,21)22/h1-8H. The molecular formula is C16H8Cl6O3. The molecule has 0 saturated heterocycles. The molecule has 0 spiro atoms. The zero-order valence-electron chi connectivity index (χ0n) is 12.1. The minimum Gasteiger partial charge on any atom is -0.456 e. The van der Waals surface area contributed by atoms with Crippen LogP contribution in [0.3, 0.4) is 0 Å². The van der Waals surface area contributed by atoms with Crippen LogP contribution in [-0.4, -0.2) is 19.2 Å². The van der Waals surface area contributed by atoms with Crippen LogP contribution in [0.1, 0.15) is 20.7 Å². The van der Waals surface area contributed by atoms with Crippen LogP contribution in [-0.2, 0) is 0 Å². The Morgan fingerprint density at radius 1 is 0.640 bits per heavy atom. The minimum atomic E-state index is -2.16. The number of hydrogen-bond donors (Lipinski definition) is 0. The van der Waals surface area contributed by atoms with Crippen molar-refractivity contribution in [2.45, 2.75) is 7.59 Å². The summed E-state index contributed by atoms with van der Waals surface area (Å²) < 4.78 is 1.36. The summed E-state index contributed by atoms with van der Waals surface area (Å²) in [4.78, 5) is 24.5. The molecule has 3 nitrogen and oxygen atoms in total. The highest BCUT2D eigenvalue weighted by molar-refractivity contribution is 6.78. The van der Waals surface area contributed by atoms with Crippen molar-refractivity contribution in [2.75, 3.05) is 0 Å². The van der Waals surface area contributed by atoms with E-state index < -0.39 is 19.2 Å². The van der Waals surface area contributed by atoms with Gasteiger partial charge in [-0.15, -0.1) is 0 Å². The van der Waals surface area contributed by atoms with Crippen LogP contribution in [0.2, 0.25) is 0 Å². The molecule has 0 radical (unpaired) electrons. The summed E-state index contributed by atoms with van der Waals surface area (Å²) in [6, 6.07) is 12.2. The number of benzene rings is 2. The average Bonchev–Trinajstić information content (AvgIpc) is 2.53. The molecule has 0 fully saturated rings. The van der Waals surface area contributed by atoms with Gasteiger partial charge in [-0.1, -0.05) is 93.9 Å². The van der Waals surface area contributed by atoms with E-state index in [4.69, 9.17) is 74.3 Å². The van der Waals surface area contributed by atoms with Gasteiger partial charge in [0.15, 0.2) is 0 Å². The number of Topliss-reactive ketones (excluding diaryl/α,β-unsaturated/α-hetero) is 2. The molecule has 0 aliphatic heterocycles. The van der Waals surface area contributed by atoms with Gasteiger partial charge in [0.1, 0.15) is 11.5 Å². The van der Waals surface area contributed by atoms with E-state index in [-0.39, 0.29) is 22.6 Å². The van der Waals surface area contributed by atoms with Gasteiger partial charge in [0.05, 0.1) is 11.1 Å². The van der Waals surface area contributed by atoms with Crippen molar-refractivity contribution in [3.63, 3.8) is 0 Å². The topological polar surface area (TPSA) is 43.4 Å². The molecule has 0 atom stereocenters. The second-order valence-corrected chi connectivity index (χ2v) is 9.31. The smallest absolute Gasteiger partial charge is 0.253 e. The lowest BCUT2D eigenvalue weighted by Crippen LogP contribution is -2.20. The Morgan fingerprint density at radius 3 is 1.28 bits per heavy atom. The number of carbonyl (C=O) groups excluding carboxylic acids is 2. The van der Waals surface area contributed by atoms with E-state index in [1.165, 1.54) is 24.3 Å². The minimum absolute atomic E-state index is 0.0265. The molecule has 132 valence electrons. The van der Waals surface area contributed by atoms with Gasteiger partial charge in [0.25, 0.3) is 7.59 Å². The molecule has 2 rings (SSSR count). The van der Waals surface area contributed by atoms with Gasteiger partial charge in [0, 0.05) is 0 Å². The Balaban J connectivity index is 2.46. The number of carbonyl (C=O) groups is 2. The van der Waals surface area contributed by atoms with E-state index in [0.29, 0.717) is 0 Å². The molecule has 0 bridgehead atoms. The van der Waals surface area contributed by atoms with Crippen LogP contribution in [0.5, 0.6) is 11.5 Å². The van der Waals surface area contributed by atoms with Crippen molar-refractivity contribution in [1.29, 1.82) is 0 Å². The number of rotatable bonds is 4. The predicted octanol–water partition coefficient (Wildman–Crippen LogP) is 6.58. The first-order valence-electron chi connectivity index (χ1n) is 6.61. The van der Waals surface area contributed by atoms with Crippen LogP contribution in [0.4, 0.5) is 0 Å². The summed E-state index contributed by atoms with van der Waals surface area (Å²) in [5, 5.41) is 0. The number of ketones is 2. The van der Waals surface area contributed by atoms with Crippen LogP contribution in [0.15, 0.2) is 48.5 Å². The number of alkyl halides is 6. The molecule has 0 aromatic heterocycles. The van der Waals surface area contributed by atoms with Gasteiger partial charge in [-0.3, -0.25) is 9.59 Å². The molecule has 25 heavy (non-hydrogen) atoms. The number of para-hydroxylation sites is 2. The molecule has 0 aliphatic rings. The summed E-state index contributed by atoms with van der Waals surface area (Å²) >= 11 is 33.9. The third-order valence-corrected chi connectivity index (χ3v) is 4.03. The second kappa shape index (κ2) is 7.91. The van der Waals surface area contributed by atoms with Crippen LogP contribution in [0, 0.1) is 0 Å². The van der Waals surface area contributed by atoms with E-state index in [1.54, 1.807) is 24.3 Å². The maximum absolute atomic E-state index is 12.2. The van der Waals surface area contributed by atoms with Crippen molar-refractivity contribution in [3.8, 4) is 11.5 Å². The van der Waals surface area contributed by atoms with Crippen molar-refractivity contribution >= 4 is 81.2 Å². The molecule has 0 unspecified atom stereocenters. The van der Waals surface area contributed by atoms with E-state index >= 15 is 0 Å². The number of hydrogen-bond acceptors (Lipinski definition) is 3. The molecular weight excluding hydrogens is 453 g/mol. The van der Waals surface area contributed by atoms with Crippen LogP contribution < -0.4 is 4.74 Å². The lowest BCUT2D eigenvalue weighted by atomic mass is 10.1. The molecule has 0 heterocycles. The zero-order chi connectivity index (χ0) is 18.8. The quantitative estimate of drug-likeness (QED) is 0.382. The van der Waals surface area contributed by atoms with Gasteiger partial charge in [-0.2, -0.15) is 0 Å². The third kappa shape index (κ3) is 5.16. The third-order valence-electron chi connectivity index (χ3n) is 3.00. The molecule has 2 aromatic carbocycles. The molecule has 0 saturated carbocycles. The van der Waals surface area contributed by atoms with Crippen molar-refractivity contribution in [2.24, 2.45) is 0 Å². The first kappa shape index (κ1) is 20.6. The van der Waals surface area contributed by atoms with Gasteiger partial charge in [0.2, 0.25) is 11.6 Å². The molecule has 2 aromatic rings. The van der Waals surface area contributed by atoms with E-state index in [2.05, 4.69) is 0 Å². The highest BCUT2D eigenvalue weighted by Gasteiger charge is 2.35. The zero-order valence-corrected chi connectivity index (χ0v) is 16.6. The Morgan fingerprint density at radius 2 is 0.960 bits per heavy atom. The van der Waals surface area contributed by atoms with Crippen LogP contribution in [0.25, 0.3) is 0 Å². The highest BCUT2D eigenvalue weighted by atomic mass is 35.6. The Kier molecular flexibility index (Phi) is 6.53. The summed E-state index contributed by atoms with van der Waals surface area (Å²) in [5.74, 6) is -1.39. The normalized spacial score (nSPS) is 11.9. The summed E-state index contributed by atoms with van der Waals surface area (Å²) in [6.07, 6.45) is 0. The van der Waals surface area contributed by atoms with E-state index in [9.17, 15) is 9.59 Å². The second-order valence-electron chi connectivity index (χ2n) is 4.75. The van der Waals surface area contributed by atoms with Gasteiger partial charge in [-0.05, 0) is 24.3 Å². The Labute approximate surface area is 173 Å². The summed E-state index contributed by atoms with van der Waals surface area (Å²) in [6.45, 7) is 0. The van der Waals surface area contributed by atoms with Crippen molar-refractivity contribution in [1.82, 2.24) is 0 Å². The van der Waals surface area contributed by atoms with E-state index in [1.807, 2.05) is 0 Å². The fourth-order valence-electron chi connectivity index (χ4n) is 1.91. The maximum Gasteiger partial charge on any atom is 0.253 e. The molecule has 0 N–H and O–H groups in total. The Bertz CT molecular complexity index is 741. The molecule has 0 amide bonds. The molecule has 9 heteroatoms. The predicted molar refractivity (Wildman–Crippen MR) is 102 cm³/mol. The largest absolute Gasteiger partial charge is 0.456 e. The van der Waals surface area contributed by atoms with Crippen LogP contribution >= 0.6 is 69.6 Å². The molecule has 0 aliphatic carbocycles. The van der Waals surface area contributed by atoms with Gasteiger partial charge < -0.3 is 4.74 Å². The SMILES string of the molecule is O=C(c1ccccc1Oc1ccccc1C(=O)C(Cl)(Cl)Cl)C(Cl)(Cl)Cl. The fourth-order valence-corrected chi connectivity index (χ4v) is 2.52. The monoisotopic (exact) mass is 458 g/mol. The maximum atomic E-state index is 12.2. The summed E-state index contributed by atoms with van der Waals surface area (Å²) in [7, 11) is 0. The first-order valence-corrected chi connectivity index (χ1v) is 8.87. The fraction of sp³-hybridized carbons (Fsp3) is 0.125. The summed E-state index contributed by atoms with van der Waals surface area (Å²) in [5.41, 5.74) is 0.0530. The number of halogens is 6. The van der Waals surface area contributed by atoms with Crippen molar-refractivity contribution in [3.05, 3.63) is 59.7 Å². The first-order chi connectivity index (χ1) is 11.5. The average molecular weight is 461 g/mol. The van der Waals surface area contributed by atoms with Crippen molar-refractivity contribution < 1.29 is 14.3 Å². The lowest BCUT2D eigenvalue weighted by molar-refractivity contribution is 0.0989. The highest BCUT2D eigenvalue weighted by Crippen LogP contribution is 2.38. The van der Waals surface area contributed by atoms with Gasteiger partial charge in [-0.25, -0.2) is 0 Å².